The van der Waals surface area contributed by atoms with E-state index in [0.29, 0.717) is 6.42 Å². The number of nitrogens with one attached hydrogen (secondary N) is 1. The minimum absolute atomic E-state index is 0.00183. The summed E-state index contributed by atoms with van der Waals surface area (Å²) < 4.78 is 0.998. The first-order chi connectivity index (χ1) is 9.86. The van der Waals surface area contributed by atoms with Crippen LogP contribution in [0.4, 0.5) is 0 Å². The smallest absolute Gasteiger partial charge is 0.234 e. The first kappa shape index (κ1) is 14.8. The van der Waals surface area contributed by atoms with Crippen LogP contribution in [-0.4, -0.2) is 11.8 Å². The number of rotatable bonds is 1. The molecule has 1 heterocycles. The Morgan fingerprint density at radius 3 is 2.38 bits per heavy atom. The van der Waals surface area contributed by atoms with Crippen molar-refractivity contribution in [2.75, 3.05) is 0 Å². The molecule has 3 rings (SSSR count). The van der Waals surface area contributed by atoms with Gasteiger partial charge in [-0.3, -0.25) is 14.9 Å². The maximum Gasteiger partial charge on any atom is 0.234 e. The summed E-state index contributed by atoms with van der Waals surface area (Å²) in [7, 11) is 0. The molecule has 2 amide bonds. The average molecular weight is 350 g/mol. The van der Waals surface area contributed by atoms with E-state index in [0.717, 1.165) is 29.3 Å². The third-order valence-corrected chi connectivity index (χ3v) is 6.06. The molecule has 21 heavy (non-hydrogen) atoms. The molecule has 2 unspecified atom stereocenters. The van der Waals surface area contributed by atoms with Gasteiger partial charge >= 0.3 is 0 Å². The molecule has 1 N–H and O–H groups in total. The molecule has 1 saturated carbocycles. The van der Waals surface area contributed by atoms with E-state index in [1.54, 1.807) is 0 Å². The predicted octanol–water partition coefficient (Wildman–Crippen LogP) is 3.78. The third-order valence-electron chi connectivity index (χ3n) is 5.53. The van der Waals surface area contributed by atoms with Crippen molar-refractivity contribution in [3.63, 3.8) is 0 Å². The number of imide groups is 1. The van der Waals surface area contributed by atoms with Gasteiger partial charge in [0, 0.05) is 10.9 Å². The largest absolute Gasteiger partial charge is 0.296 e. The standard InChI is InChI=1S/C17H20BrNO2/c1-16(2)8-3-9-17(16)10-13(20)19-15(21)14(17)11-4-6-12(18)7-5-11/h4-7,14H,3,8-10H2,1-2H3,(H,19,20,21). The van der Waals surface area contributed by atoms with E-state index in [9.17, 15) is 9.59 Å². The molecule has 0 bridgehead atoms. The number of benzene rings is 1. The Balaban J connectivity index is 2.12. The minimum Gasteiger partial charge on any atom is -0.296 e. The summed E-state index contributed by atoms with van der Waals surface area (Å²) in [5.74, 6) is -0.493. The fraction of sp³-hybridized carbons (Fsp3) is 0.529. The fourth-order valence-electron chi connectivity index (χ4n) is 4.31. The summed E-state index contributed by atoms with van der Waals surface area (Å²) in [5.41, 5.74) is 0.761. The Bertz CT molecular complexity index is 593. The number of piperidine rings is 1. The van der Waals surface area contributed by atoms with Crippen molar-refractivity contribution >= 4 is 27.7 Å². The molecule has 112 valence electrons. The zero-order valence-electron chi connectivity index (χ0n) is 12.4. The highest BCUT2D eigenvalue weighted by molar-refractivity contribution is 9.10. The number of carbonyl (C=O) groups is 2. The molecule has 3 nitrogen and oxygen atoms in total. The van der Waals surface area contributed by atoms with E-state index in [-0.39, 0.29) is 28.6 Å². The van der Waals surface area contributed by atoms with Crippen LogP contribution in [0.3, 0.4) is 0 Å². The van der Waals surface area contributed by atoms with Crippen molar-refractivity contribution in [2.24, 2.45) is 10.8 Å². The lowest BCUT2D eigenvalue weighted by atomic mass is 9.56. The second kappa shape index (κ2) is 4.94. The van der Waals surface area contributed by atoms with Gasteiger partial charge in [0.15, 0.2) is 0 Å². The van der Waals surface area contributed by atoms with Crippen molar-refractivity contribution in [2.45, 2.75) is 45.4 Å². The lowest BCUT2D eigenvalue weighted by Crippen LogP contribution is -2.54. The lowest BCUT2D eigenvalue weighted by Gasteiger charge is -2.49. The Morgan fingerprint density at radius 1 is 1.14 bits per heavy atom. The van der Waals surface area contributed by atoms with Gasteiger partial charge in [0.25, 0.3) is 0 Å². The molecule has 1 aromatic carbocycles. The highest BCUT2D eigenvalue weighted by Gasteiger charge is 2.59. The second-order valence-electron chi connectivity index (χ2n) is 6.97. The van der Waals surface area contributed by atoms with Crippen LogP contribution in [0.15, 0.2) is 28.7 Å². The SMILES string of the molecule is CC1(C)CCCC12CC(=O)NC(=O)C2c1ccc(Br)cc1. The summed E-state index contributed by atoms with van der Waals surface area (Å²) in [5, 5.41) is 2.54. The van der Waals surface area contributed by atoms with E-state index in [1.165, 1.54) is 0 Å². The zero-order valence-corrected chi connectivity index (χ0v) is 14.0. The predicted molar refractivity (Wildman–Crippen MR) is 84.7 cm³/mol. The number of hydrogen-bond donors (Lipinski definition) is 1. The van der Waals surface area contributed by atoms with E-state index < -0.39 is 0 Å². The summed E-state index contributed by atoms with van der Waals surface area (Å²) in [6.45, 7) is 4.41. The molecular weight excluding hydrogens is 330 g/mol. The van der Waals surface area contributed by atoms with Crippen LogP contribution in [0.1, 0.15) is 51.0 Å². The van der Waals surface area contributed by atoms with Crippen LogP contribution >= 0.6 is 15.9 Å². The summed E-state index contributed by atoms with van der Waals surface area (Å²) >= 11 is 3.44. The first-order valence-electron chi connectivity index (χ1n) is 7.45. The summed E-state index contributed by atoms with van der Waals surface area (Å²) in [6, 6.07) is 7.93. The van der Waals surface area contributed by atoms with Crippen LogP contribution in [0, 0.1) is 10.8 Å². The highest BCUT2D eigenvalue weighted by Crippen LogP contribution is 2.62. The lowest BCUT2D eigenvalue weighted by molar-refractivity contribution is -0.144. The number of hydrogen-bond acceptors (Lipinski definition) is 2. The monoisotopic (exact) mass is 349 g/mol. The number of carbonyl (C=O) groups excluding carboxylic acids is 2. The van der Waals surface area contributed by atoms with Crippen molar-refractivity contribution in [1.29, 1.82) is 0 Å². The van der Waals surface area contributed by atoms with Crippen LogP contribution in [0.2, 0.25) is 0 Å². The fourth-order valence-corrected chi connectivity index (χ4v) is 4.58. The molecule has 0 radical (unpaired) electrons. The third kappa shape index (κ3) is 2.24. The summed E-state index contributed by atoms with van der Waals surface area (Å²) in [6.07, 6.45) is 3.55. The van der Waals surface area contributed by atoms with Crippen molar-refractivity contribution < 1.29 is 9.59 Å². The molecule has 2 fully saturated rings. The molecule has 2 atom stereocenters. The molecule has 1 aliphatic carbocycles. The van der Waals surface area contributed by atoms with Crippen LogP contribution in [0.25, 0.3) is 0 Å². The second-order valence-corrected chi connectivity index (χ2v) is 7.88. The van der Waals surface area contributed by atoms with Crippen LogP contribution in [0.5, 0.6) is 0 Å². The van der Waals surface area contributed by atoms with Crippen molar-refractivity contribution in [1.82, 2.24) is 5.32 Å². The topological polar surface area (TPSA) is 46.2 Å². The van der Waals surface area contributed by atoms with Crippen LogP contribution < -0.4 is 5.32 Å². The Morgan fingerprint density at radius 2 is 1.81 bits per heavy atom. The van der Waals surface area contributed by atoms with E-state index >= 15 is 0 Å². The maximum atomic E-state index is 12.6. The normalized spacial score (nSPS) is 31.5. The molecule has 0 aromatic heterocycles. The molecule has 2 aliphatic rings. The number of amides is 2. The van der Waals surface area contributed by atoms with Gasteiger partial charge in [0.2, 0.25) is 11.8 Å². The molecule has 4 heteroatoms. The Kier molecular flexibility index (Phi) is 3.47. The van der Waals surface area contributed by atoms with Crippen molar-refractivity contribution in [3.05, 3.63) is 34.3 Å². The van der Waals surface area contributed by atoms with Gasteiger partial charge in [0.1, 0.15) is 0 Å². The molecule has 1 saturated heterocycles. The van der Waals surface area contributed by atoms with Gasteiger partial charge in [-0.2, -0.15) is 0 Å². The van der Waals surface area contributed by atoms with Gasteiger partial charge in [-0.05, 0) is 41.4 Å². The molecule has 1 spiro atoms. The first-order valence-corrected chi connectivity index (χ1v) is 8.24. The maximum absolute atomic E-state index is 12.6. The quantitative estimate of drug-likeness (QED) is 0.784. The van der Waals surface area contributed by atoms with Gasteiger partial charge in [-0.25, -0.2) is 0 Å². The van der Waals surface area contributed by atoms with Gasteiger partial charge in [-0.15, -0.1) is 0 Å². The highest BCUT2D eigenvalue weighted by atomic mass is 79.9. The van der Waals surface area contributed by atoms with Crippen LogP contribution in [-0.2, 0) is 9.59 Å². The minimum atomic E-state index is -0.250. The van der Waals surface area contributed by atoms with Gasteiger partial charge < -0.3 is 0 Å². The van der Waals surface area contributed by atoms with Gasteiger partial charge in [0.05, 0.1) is 5.92 Å². The molecule has 1 aliphatic heterocycles. The Labute approximate surface area is 133 Å². The van der Waals surface area contributed by atoms with Gasteiger partial charge in [-0.1, -0.05) is 48.3 Å². The Hall–Kier alpha value is -1.16. The average Bonchev–Trinajstić information content (AvgIpc) is 2.66. The van der Waals surface area contributed by atoms with E-state index in [4.69, 9.17) is 0 Å². The van der Waals surface area contributed by atoms with E-state index in [2.05, 4.69) is 35.1 Å². The van der Waals surface area contributed by atoms with Crippen molar-refractivity contribution in [3.8, 4) is 0 Å². The zero-order chi connectivity index (χ0) is 15.3. The summed E-state index contributed by atoms with van der Waals surface area (Å²) in [4.78, 5) is 24.6. The molecular formula is C17H20BrNO2. The van der Waals surface area contributed by atoms with E-state index in [1.807, 2.05) is 24.3 Å². The number of halogens is 1. The molecule has 1 aromatic rings.